The number of aryl methyl sites for hydroxylation is 1. The molecule has 14 heavy (non-hydrogen) atoms. The highest BCUT2D eigenvalue weighted by Gasteiger charge is 2.08. The van der Waals surface area contributed by atoms with Crippen LogP contribution in [0.25, 0.3) is 5.69 Å². The summed E-state index contributed by atoms with van der Waals surface area (Å²) >= 11 is 0. The summed E-state index contributed by atoms with van der Waals surface area (Å²) in [6, 6.07) is 6.18. The number of nitrogens with zero attached hydrogens (tertiary/aromatic N) is 1. The molecule has 0 aliphatic carbocycles. The first-order valence-corrected chi connectivity index (χ1v) is 4.22. The fraction of sp³-hybridized carbons (Fsp3) is 0.100. The van der Waals surface area contributed by atoms with Crippen molar-refractivity contribution in [3.8, 4) is 5.69 Å². The SMILES string of the molecule is Cc1c[nH]c(=O)n1-c1ccccc1F. The normalized spacial score (nSPS) is 10.4. The van der Waals surface area contributed by atoms with Gasteiger partial charge in [0.2, 0.25) is 0 Å². The minimum atomic E-state index is -0.405. The lowest BCUT2D eigenvalue weighted by atomic mass is 10.3. The first-order valence-electron chi connectivity index (χ1n) is 4.22. The third kappa shape index (κ3) is 1.25. The van der Waals surface area contributed by atoms with Gasteiger partial charge in [-0.3, -0.25) is 4.57 Å². The van der Waals surface area contributed by atoms with Crippen molar-refractivity contribution in [1.82, 2.24) is 9.55 Å². The molecule has 1 N–H and O–H groups in total. The van der Waals surface area contributed by atoms with E-state index in [1.807, 2.05) is 0 Å². The molecule has 2 aromatic rings. The molecule has 0 bridgehead atoms. The fourth-order valence-corrected chi connectivity index (χ4v) is 1.39. The molecule has 0 unspecified atom stereocenters. The van der Waals surface area contributed by atoms with Gasteiger partial charge in [-0.25, -0.2) is 9.18 Å². The van der Waals surface area contributed by atoms with Gasteiger partial charge in [0.25, 0.3) is 0 Å². The number of rotatable bonds is 1. The number of benzene rings is 1. The smallest absolute Gasteiger partial charge is 0.312 e. The van der Waals surface area contributed by atoms with Crippen molar-refractivity contribution < 1.29 is 4.39 Å². The molecule has 0 aliphatic heterocycles. The Bertz CT molecular complexity index is 513. The Morgan fingerprint density at radius 1 is 1.36 bits per heavy atom. The quantitative estimate of drug-likeness (QED) is 0.732. The van der Waals surface area contributed by atoms with Crippen LogP contribution in [0.4, 0.5) is 4.39 Å². The number of aromatic nitrogens is 2. The van der Waals surface area contributed by atoms with E-state index in [0.717, 1.165) is 0 Å². The molecular formula is C10H9FN2O. The Labute approximate surface area is 79.8 Å². The lowest BCUT2D eigenvalue weighted by Gasteiger charge is -2.04. The van der Waals surface area contributed by atoms with Crippen LogP contribution >= 0.6 is 0 Å². The van der Waals surface area contributed by atoms with Gasteiger partial charge in [-0.15, -0.1) is 0 Å². The van der Waals surface area contributed by atoms with Crippen molar-refractivity contribution in [2.45, 2.75) is 6.92 Å². The molecule has 3 nitrogen and oxygen atoms in total. The number of aromatic amines is 1. The third-order valence-corrected chi connectivity index (χ3v) is 2.05. The van der Waals surface area contributed by atoms with Gasteiger partial charge in [0.05, 0.1) is 5.69 Å². The van der Waals surface area contributed by atoms with Crippen molar-refractivity contribution in [2.24, 2.45) is 0 Å². The monoisotopic (exact) mass is 192 g/mol. The molecule has 0 amide bonds. The highest BCUT2D eigenvalue weighted by atomic mass is 19.1. The van der Waals surface area contributed by atoms with Crippen LogP contribution < -0.4 is 5.69 Å². The largest absolute Gasteiger partial charge is 0.330 e. The van der Waals surface area contributed by atoms with E-state index in [2.05, 4.69) is 4.98 Å². The average Bonchev–Trinajstić information content (AvgIpc) is 2.48. The summed E-state index contributed by atoms with van der Waals surface area (Å²) in [7, 11) is 0. The van der Waals surface area contributed by atoms with Crippen molar-refractivity contribution >= 4 is 0 Å². The van der Waals surface area contributed by atoms with E-state index in [9.17, 15) is 9.18 Å². The summed E-state index contributed by atoms with van der Waals surface area (Å²) in [4.78, 5) is 13.8. The topological polar surface area (TPSA) is 37.8 Å². The van der Waals surface area contributed by atoms with E-state index in [-0.39, 0.29) is 11.4 Å². The number of H-pyrrole nitrogens is 1. The molecule has 1 heterocycles. The van der Waals surface area contributed by atoms with Crippen LogP contribution in [-0.2, 0) is 0 Å². The highest BCUT2D eigenvalue weighted by Crippen LogP contribution is 2.11. The van der Waals surface area contributed by atoms with E-state index in [4.69, 9.17) is 0 Å². The van der Waals surface area contributed by atoms with Gasteiger partial charge >= 0.3 is 5.69 Å². The van der Waals surface area contributed by atoms with Crippen LogP contribution in [-0.4, -0.2) is 9.55 Å². The number of para-hydroxylation sites is 1. The molecule has 0 fully saturated rings. The Hall–Kier alpha value is -1.84. The zero-order valence-electron chi connectivity index (χ0n) is 7.62. The van der Waals surface area contributed by atoms with Crippen LogP contribution in [0.3, 0.4) is 0 Å². The second-order valence-electron chi connectivity index (χ2n) is 3.02. The van der Waals surface area contributed by atoms with Gasteiger partial charge in [0, 0.05) is 11.9 Å². The molecular weight excluding hydrogens is 183 g/mol. The Balaban J connectivity index is 2.72. The van der Waals surface area contributed by atoms with Crippen LogP contribution in [0.1, 0.15) is 5.69 Å². The number of imidazole rings is 1. The third-order valence-electron chi connectivity index (χ3n) is 2.05. The number of nitrogens with one attached hydrogen (secondary N) is 1. The van der Waals surface area contributed by atoms with Crippen molar-refractivity contribution in [3.05, 3.63) is 52.5 Å². The zero-order chi connectivity index (χ0) is 10.1. The zero-order valence-corrected chi connectivity index (χ0v) is 7.62. The van der Waals surface area contributed by atoms with E-state index >= 15 is 0 Å². The molecule has 1 aromatic heterocycles. The van der Waals surface area contributed by atoms with E-state index < -0.39 is 5.82 Å². The van der Waals surface area contributed by atoms with Gasteiger partial charge in [-0.1, -0.05) is 12.1 Å². The van der Waals surface area contributed by atoms with Crippen molar-refractivity contribution in [1.29, 1.82) is 0 Å². The van der Waals surface area contributed by atoms with Crippen molar-refractivity contribution in [2.75, 3.05) is 0 Å². The standard InChI is InChI=1S/C10H9FN2O/c1-7-6-12-10(14)13(7)9-5-3-2-4-8(9)11/h2-6H,1H3,(H,12,14). The van der Waals surface area contributed by atoms with Gasteiger partial charge < -0.3 is 4.98 Å². The van der Waals surface area contributed by atoms with Gasteiger partial charge in [-0.2, -0.15) is 0 Å². The number of halogens is 1. The first kappa shape index (κ1) is 8.74. The lowest BCUT2D eigenvalue weighted by molar-refractivity contribution is 0.615. The van der Waals surface area contributed by atoms with Crippen LogP contribution in [0.5, 0.6) is 0 Å². The summed E-state index contributed by atoms with van der Waals surface area (Å²) in [6.07, 6.45) is 1.55. The summed E-state index contributed by atoms with van der Waals surface area (Å²) in [5.41, 5.74) is 0.629. The fourth-order valence-electron chi connectivity index (χ4n) is 1.39. The molecule has 2 rings (SSSR count). The summed E-state index contributed by atoms with van der Waals surface area (Å²) in [5, 5.41) is 0. The van der Waals surface area contributed by atoms with Crippen LogP contribution in [0.2, 0.25) is 0 Å². The minimum Gasteiger partial charge on any atom is -0.312 e. The maximum absolute atomic E-state index is 13.3. The Kier molecular flexibility index (Phi) is 1.96. The van der Waals surface area contributed by atoms with Gasteiger partial charge in [-0.05, 0) is 19.1 Å². The number of hydrogen-bond donors (Lipinski definition) is 1. The summed E-state index contributed by atoms with van der Waals surface area (Å²) in [6.45, 7) is 1.74. The number of hydrogen-bond acceptors (Lipinski definition) is 1. The lowest BCUT2D eigenvalue weighted by Crippen LogP contribution is -2.16. The summed E-state index contributed by atoms with van der Waals surface area (Å²) < 4.78 is 14.6. The predicted molar refractivity (Wildman–Crippen MR) is 51.1 cm³/mol. The maximum Gasteiger partial charge on any atom is 0.330 e. The van der Waals surface area contributed by atoms with Gasteiger partial charge in [0.1, 0.15) is 5.82 Å². The Morgan fingerprint density at radius 3 is 2.64 bits per heavy atom. The molecule has 0 radical (unpaired) electrons. The van der Waals surface area contributed by atoms with E-state index in [1.54, 1.807) is 31.3 Å². The molecule has 0 atom stereocenters. The van der Waals surface area contributed by atoms with Crippen LogP contribution in [0, 0.1) is 12.7 Å². The highest BCUT2D eigenvalue weighted by molar-refractivity contribution is 5.34. The molecule has 0 aliphatic rings. The van der Waals surface area contributed by atoms with Crippen molar-refractivity contribution in [3.63, 3.8) is 0 Å². The molecule has 4 heteroatoms. The molecule has 72 valence electrons. The molecule has 0 saturated heterocycles. The second kappa shape index (κ2) is 3.14. The first-order chi connectivity index (χ1) is 6.70. The molecule has 0 saturated carbocycles. The minimum absolute atomic E-state index is 0.274. The molecule has 0 spiro atoms. The average molecular weight is 192 g/mol. The Morgan fingerprint density at radius 2 is 2.07 bits per heavy atom. The second-order valence-corrected chi connectivity index (χ2v) is 3.02. The maximum atomic E-state index is 13.3. The van der Waals surface area contributed by atoms with E-state index in [1.165, 1.54) is 10.6 Å². The van der Waals surface area contributed by atoms with E-state index in [0.29, 0.717) is 5.69 Å². The van der Waals surface area contributed by atoms with Crippen LogP contribution in [0.15, 0.2) is 35.3 Å². The molecule has 1 aromatic carbocycles. The summed E-state index contributed by atoms with van der Waals surface area (Å²) in [5.74, 6) is -0.405. The van der Waals surface area contributed by atoms with Gasteiger partial charge in [0.15, 0.2) is 0 Å². The predicted octanol–water partition coefficient (Wildman–Crippen LogP) is 1.61.